The van der Waals surface area contributed by atoms with E-state index in [2.05, 4.69) is 37.6 Å². The fraction of sp³-hybridized carbons (Fsp3) is 0.409. The maximum Gasteiger partial charge on any atom is 0.244 e. The molecule has 0 saturated carbocycles. The van der Waals surface area contributed by atoms with Gasteiger partial charge in [-0.2, -0.15) is 0 Å². The molecule has 0 fully saturated rings. The molecule has 7 heteroatoms. The minimum Gasteiger partial charge on any atom is -0.496 e. The van der Waals surface area contributed by atoms with Crippen LogP contribution in [0.15, 0.2) is 24.3 Å². The first-order chi connectivity index (χ1) is 13.5. The molecule has 0 aliphatic heterocycles. The zero-order valence-electron chi connectivity index (χ0n) is 18.0. The monoisotopic (exact) mass is 417 g/mol. The second kappa shape index (κ2) is 8.90. The minimum absolute atomic E-state index is 0.0219. The first kappa shape index (κ1) is 22.8. The van der Waals surface area contributed by atoms with E-state index in [4.69, 9.17) is 14.2 Å². The van der Waals surface area contributed by atoms with Crippen LogP contribution in [0, 0.1) is 17.3 Å². The van der Waals surface area contributed by atoms with Crippen molar-refractivity contribution in [3.63, 3.8) is 0 Å². The predicted octanol–water partition coefficient (Wildman–Crippen LogP) is 3.62. The quantitative estimate of drug-likeness (QED) is 0.591. The molecule has 1 N–H and O–H groups in total. The van der Waals surface area contributed by atoms with Crippen molar-refractivity contribution in [2.24, 2.45) is 5.41 Å². The fourth-order valence-corrected chi connectivity index (χ4v) is 3.45. The molecular formula is C22H28NO5P. The Balaban J connectivity index is 2.60. The van der Waals surface area contributed by atoms with Crippen molar-refractivity contribution < 1.29 is 23.7 Å². The largest absolute Gasteiger partial charge is 0.496 e. The van der Waals surface area contributed by atoms with Crippen LogP contribution >= 0.6 is 7.37 Å². The summed E-state index contributed by atoms with van der Waals surface area (Å²) in [5.74, 6) is 7.75. The summed E-state index contributed by atoms with van der Waals surface area (Å²) < 4.78 is 28.3. The van der Waals surface area contributed by atoms with E-state index in [1.165, 1.54) is 6.66 Å². The molecule has 29 heavy (non-hydrogen) atoms. The van der Waals surface area contributed by atoms with Crippen LogP contribution in [0.25, 0.3) is 0 Å². The van der Waals surface area contributed by atoms with Crippen LogP contribution < -0.4 is 19.6 Å². The topological polar surface area (TPSA) is 77.9 Å². The van der Waals surface area contributed by atoms with E-state index in [9.17, 15) is 9.46 Å². The first-order valence-electron chi connectivity index (χ1n) is 9.10. The highest BCUT2D eigenvalue weighted by Crippen LogP contribution is 2.35. The maximum atomic E-state index is 12.2. The third-order valence-electron chi connectivity index (χ3n) is 4.05. The lowest BCUT2D eigenvalue weighted by Gasteiger charge is -2.18. The Hall–Kier alpha value is -2.48. The number of methoxy groups -OCH3 is 3. The van der Waals surface area contributed by atoms with Crippen molar-refractivity contribution in [1.29, 1.82) is 0 Å². The molecule has 2 aromatic rings. The normalized spacial score (nSPS) is 13.1. The molecule has 1 aromatic heterocycles. The molecule has 6 nitrogen and oxygen atoms in total. The molecular weight excluding hydrogens is 389 g/mol. The van der Waals surface area contributed by atoms with E-state index in [1.807, 2.05) is 6.07 Å². The maximum absolute atomic E-state index is 12.2. The molecule has 156 valence electrons. The molecule has 0 aliphatic carbocycles. The summed E-state index contributed by atoms with van der Waals surface area (Å²) in [4.78, 5) is 14.4. The number of benzene rings is 1. The van der Waals surface area contributed by atoms with Gasteiger partial charge in [-0.3, -0.25) is 4.57 Å². The van der Waals surface area contributed by atoms with Gasteiger partial charge in [-0.15, -0.1) is 0 Å². The summed E-state index contributed by atoms with van der Waals surface area (Å²) in [7, 11) is 1.14. The van der Waals surface area contributed by atoms with Gasteiger partial charge in [-0.1, -0.05) is 32.6 Å². The van der Waals surface area contributed by atoms with Crippen molar-refractivity contribution in [2.75, 3.05) is 28.0 Å². The van der Waals surface area contributed by atoms with Gasteiger partial charge in [0.2, 0.25) is 7.37 Å². The molecule has 0 amide bonds. The van der Waals surface area contributed by atoms with E-state index < -0.39 is 7.37 Å². The van der Waals surface area contributed by atoms with Crippen molar-refractivity contribution in [3.05, 3.63) is 41.1 Å². The highest BCUT2D eigenvalue weighted by atomic mass is 31.2. The van der Waals surface area contributed by atoms with Crippen LogP contribution in [0.5, 0.6) is 17.2 Å². The molecule has 1 heterocycles. The highest BCUT2D eigenvalue weighted by Gasteiger charge is 2.20. The van der Waals surface area contributed by atoms with Gasteiger partial charge in [0.05, 0.1) is 21.3 Å². The zero-order chi connectivity index (χ0) is 21.8. The molecule has 0 saturated heterocycles. The summed E-state index contributed by atoms with van der Waals surface area (Å²) in [6.07, 6.45) is 0.657. The average molecular weight is 417 g/mol. The highest BCUT2D eigenvalue weighted by molar-refractivity contribution is 7.65. The Morgan fingerprint density at radius 1 is 1.00 bits per heavy atom. The molecule has 1 atom stereocenters. The standard InChI is InChI=1S/C22H28NO5P/c1-22(2,3)14-16-10-15(11-21(23-16)29(7,24)25)8-9-18-19(27-5)12-17(26-4)13-20(18)28-6/h10-13H,14H2,1-7H3,(H,24,25). The van der Waals surface area contributed by atoms with Gasteiger partial charge in [0.1, 0.15) is 28.2 Å². The summed E-state index contributed by atoms with van der Waals surface area (Å²) in [6.45, 7) is 7.54. The smallest absolute Gasteiger partial charge is 0.244 e. The Labute approximate surface area is 172 Å². The second-order valence-corrected chi connectivity index (χ2v) is 10.2. The van der Waals surface area contributed by atoms with Crippen molar-refractivity contribution >= 4 is 12.8 Å². The third-order valence-corrected chi connectivity index (χ3v) is 5.13. The summed E-state index contributed by atoms with van der Waals surface area (Å²) in [5, 5.41) is 0. The van der Waals surface area contributed by atoms with Crippen molar-refractivity contribution in [1.82, 2.24) is 4.98 Å². The van der Waals surface area contributed by atoms with E-state index in [1.54, 1.807) is 39.5 Å². The number of hydrogen-bond acceptors (Lipinski definition) is 5. The number of rotatable bonds is 5. The number of hydrogen-bond donors (Lipinski definition) is 1. The average Bonchev–Trinajstić information content (AvgIpc) is 2.63. The lowest BCUT2D eigenvalue weighted by Crippen LogP contribution is -2.17. The number of aromatic nitrogens is 1. The van der Waals surface area contributed by atoms with Gasteiger partial charge < -0.3 is 19.1 Å². The molecule has 0 spiro atoms. The Morgan fingerprint density at radius 3 is 2.03 bits per heavy atom. The molecule has 2 rings (SSSR count). The lowest BCUT2D eigenvalue weighted by molar-refractivity contribution is 0.374. The molecule has 0 radical (unpaired) electrons. The van der Waals surface area contributed by atoms with Gasteiger partial charge in [0, 0.05) is 30.1 Å². The Kier molecular flexibility index (Phi) is 7.00. The lowest BCUT2D eigenvalue weighted by atomic mass is 9.90. The number of nitrogens with zero attached hydrogens (tertiary/aromatic N) is 1. The molecule has 0 aliphatic rings. The van der Waals surface area contributed by atoms with Crippen LogP contribution in [-0.4, -0.2) is 37.9 Å². The third kappa shape index (κ3) is 6.25. The number of pyridine rings is 1. The Morgan fingerprint density at radius 2 is 1.59 bits per heavy atom. The van der Waals surface area contributed by atoms with Gasteiger partial charge in [0.15, 0.2) is 0 Å². The first-order valence-corrected chi connectivity index (χ1v) is 11.2. The van der Waals surface area contributed by atoms with Gasteiger partial charge >= 0.3 is 0 Å². The van der Waals surface area contributed by atoms with Crippen LogP contribution in [0.1, 0.15) is 37.6 Å². The van der Waals surface area contributed by atoms with Crippen LogP contribution in [0.3, 0.4) is 0 Å². The second-order valence-electron chi connectivity index (χ2n) is 7.98. The Bertz CT molecular complexity index is 967. The van der Waals surface area contributed by atoms with Crippen LogP contribution in [0.2, 0.25) is 0 Å². The van der Waals surface area contributed by atoms with E-state index in [-0.39, 0.29) is 10.9 Å². The predicted molar refractivity (Wildman–Crippen MR) is 115 cm³/mol. The summed E-state index contributed by atoms with van der Waals surface area (Å²) in [6, 6.07) is 6.86. The number of ether oxygens (including phenoxy) is 3. The van der Waals surface area contributed by atoms with Crippen molar-refractivity contribution in [3.8, 4) is 29.1 Å². The summed E-state index contributed by atoms with van der Waals surface area (Å²) in [5.41, 5.74) is 2.02. The summed E-state index contributed by atoms with van der Waals surface area (Å²) >= 11 is 0. The van der Waals surface area contributed by atoms with Crippen molar-refractivity contribution in [2.45, 2.75) is 27.2 Å². The van der Waals surface area contributed by atoms with Crippen LogP contribution in [-0.2, 0) is 11.0 Å². The van der Waals surface area contributed by atoms with Gasteiger partial charge in [-0.05, 0) is 24.0 Å². The van der Waals surface area contributed by atoms with Crippen LogP contribution in [0.4, 0.5) is 0 Å². The molecule has 1 aromatic carbocycles. The molecule has 1 unspecified atom stereocenters. The van der Waals surface area contributed by atoms with E-state index in [0.29, 0.717) is 34.8 Å². The van der Waals surface area contributed by atoms with Gasteiger partial charge in [-0.25, -0.2) is 4.98 Å². The molecule has 0 bridgehead atoms. The zero-order valence-corrected chi connectivity index (χ0v) is 18.9. The minimum atomic E-state index is -3.52. The fourth-order valence-electron chi connectivity index (χ4n) is 2.75. The van der Waals surface area contributed by atoms with E-state index >= 15 is 0 Å². The van der Waals surface area contributed by atoms with Gasteiger partial charge in [0.25, 0.3) is 0 Å². The SMILES string of the molecule is COc1cc(OC)c(C#Cc2cc(CC(C)(C)C)nc(P(C)(=O)O)c2)c(OC)c1. The van der Waals surface area contributed by atoms with E-state index in [0.717, 1.165) is 5.69 Å².